The normalized spacial score (nSPS) is 10.9. The van der Waals surface area contributed by atoms with Crippen molar-refractivity contribution in [2.45, 2.75) is 6.92 Å². The predicted octanol–water partition coefficient (Wildman–Crippen LogP) is 6.59. The summed E-state index contributed by atoms with van der Waals surface area (Å²) >= 11 is 1.41. The molecule has 42 heavy (non-hydrogen) atoms. The number of amides is 1. The Morgan fingerprint density at radius 2 is 1.71 bits per heavy atom. The molecule has 0 spiro atoms. The summed E-state index contributed by atoms with van der Waals surface area (Å²) in [5.74, 6) is -2.93. The Kier molecular flexibility index (Phi) is 8.74. The molecule has 0 aliphatic rings. The summed E-state index contributed by atoms with van der Waals surface area (Å²) in [6.45, 7) is 2.78. The van der Waals surface area contributed by atoms with Crippen molar-refractivity contribution in [2.24, 2.45) is 0 Å². The lowest BCUT2D eigenvalue weighted by Gasteiger charge is -2.10. The van der Waals surface area contributed by atoms with Crippen LogP contribution in [0.3, 0.4) is 0 Å². The second-order valence-electron chi connectivity index (χ2n) is 9.03. The van der Waals surface area contributed by atoms with Gasteiger partial charge in [-0.15, -0.1) is 11.3 Å². The maximum atomic E-state index is 14.5. The van der Waals surface area contributed by atoms with Gasteiger partial charge in [0, 0.05) is 35.7 Å². The van der Waals surface area contributed by atoms with Gasteiger partial charge in [-0.3, -0.25) is 4.79 Å². The maximum absolute atomic E-state index is 14.5. The highest BCUT2D eigenvalue weighted by Gasteiger charge is 2.19. The largest absolute Gasteiger partial charge is 0.489 e. The van der Waals surface area contributed by atoms with Crippen LogP contribution in [0.4, 0.5) is 30.5 Å². The Morgan fingerprint density at radius 1 is 0.929 bits per heavy atom. The van der Waals surface area contributed by atoms with Crippen LogP contribution in [0.15, 0.2) is 72.9 Å². The Morgan fingerprint density at radius 3 is 2.48 bits per heavy atom. The lowest BCUT2D eigenvalue weighted by molar-refractivity contribution is 0.101. The van der Waals surface area contributed by atoms with E-state index >= 15 is 0 Å². The van der Waals surface area contributed by atoms with Crippen molar-refractivity contribution in [3.8, 4) is 27.6 Å². The molecule has 0 unspecified atom stereocenters. The van der Waals surface area contributed by atoms with Gasteiger partial charge in [0.2, 0.25) is 5.95 Å². The van der Waals surface area contributed by atoms with Crippen molar-refractivity contribution in [3.05, 3.63) is 101 Å². The molecule has 0 fully saturated rings. The lowest BCUT2D eigenvalue weighted by Crippen LogP contribution is -2.16. The number of carbonyl (C=O) groups is 1. The number of aryl methyl sites for hydroxylation is 1. The van der Waals surface area contributed by atoms with Crippen molar-refractivity contribution in [2.75, 3.05) is 30.8 Å². The molecule has 2 heterocycles. The molecule has 12 heteroatoms. The third kappa shape index (κ3) is 6.56. The molecule has 3 aromatic carbocycles. The number of nitrogens with one attached hydrogen (secondary N) is 3. The van der Waals surface area contributed by atoms with Gasteiger partial charge in [0.1, 0.15) is 23.8 Å². The van der Waals surface area contributed by atoms with Gasteiger partial charge in [-0.05, 0) is 56.4 Å². The lowest BCUT2D eigenvalue weighted by atomic mass is 10.1. The van der Waals surface area contributed by atoms with E-state index in [0.29, 0.717) is 41.5 Å². The number of aromatic nitrogens is 3. The summed E-state index contributed by atoms with van der Waals surface area (Å²) in [5.41, 5.74) is 1.95. The molecule has 3 N–H and O–H groups in total. The summed E-state index contributed by atoms with van der Waals surface area (Å²) in [5, 5.41) is 9.27. The second kappa shape index (κ2) is 12.8. The molecule has 0 saturated heterocycles. The number of likely N-dealkylation sites (N-methyl/N-ethyl adjacent to an activating group) is 1. The van der Waals surface area contributed by atoms with Crippen molar-refractivity contribution in [1.29, 1.82) is 0 Å². The van der Waals surface area contributed by atoms with Gasteiger partial charge in [0.15, 0.2) is 11.6 Å². The van der Waals surface area contributed by atoms with Crippen molar-refractivity contribution in [3.63, 3.8) is 0 Å². The minimum atomic E-state index is -0.953. The molecule has 0 aliphatic heterocycles. The van der Waals surface area contributed by atoms with Crippen LogP contribution in [0, 0.1) is 24.4 Å². The highest BCUT2D eigenvalue weighted by atomic mass is 32.1. The Hall–Kier alpha value is -4.81. The minimum Gasteiger partial charge on any atom is -0.489 e. The number of nitrogens with zero attached hydrogens (tertiary/aromatic N) is 3. The van der Waals surface area contributed by atoms with Gasteiger partial charge in [-0.1, -0.05) is 18.2 Å². The van der Waals surface area contributed by atoms with Gasteiger partial charge in [-0.25, -0.2) is 28.1 Å². The van der Waals surface area contributed by atoms with Crippen LogP contribution in [0.2, 0.25) is 0 Å². The third-order valence-electron chi connectivity index (χ3n) is 6.00. The smallest absolute Gasteiger partial charge is 0.261 e. The summed E-state index contributed by atoms with van der Waals surface area (Å²) in [6.07, 6.45) is 1.58. The molecule has 214 valence electrons. The first kappa shape index (κ1) is 28.7. The molecule has 0 aliphatic carbocycles. The molecule has 0 atom stereocenters. The molecule has 0 bridgehead atoms. The van der Waals surface area contributed by atoms with E-state index in [2.05, 4.69) is 30.9 Å². The fraction of sp³-hybridized carbons (Fsp3) is 0.133. The topological polar surface area (TPSA) is 101 Å². The summed E-state index contributed by atoms with van der Waals surface area (Å²) in [7, 11) is 1.79. The first-order valence-electron chi connectivity index (χ1n) is 12.8. The van der Waals surface area contributed by atoms with Gasteiger partial charge < -0.3 is 20.7 Å². The first-order chi connectivity index (χ1) is 20.3. The summed E-state index contributed by atoms with van der Waals surface area (Å²) in [6, 6.07) is 16.3. The van der Waals surface area contributed by atoms with Crippen molar-refractivity contribution < 1.29 is 22.7 Å². The minimum absolute atomic E-state index is 0.146. The zero-order valence-electron chi connectivity index (χ0n) is 22.5. The highest BCUT2D eigenvalue weighted by Crippen LogP contribution is 2.37. The SMILES string of the molecule is CNCCOc1ccc(Nc2nccc(-c3sc(C)nc3-c3cccc(NC(=O)c4c(F)cccc4F)c3)n2)cc1F. The molecule has 0 radical (unpaired) electrons. The molecule has 8 nitrogen and oxygen atoms in total. The Balaban J connectivity index is 1.38. The van der Waals surface area contributed by atoms with Crippen LogP contribution in [0.5, 0.6) is 5.75 Å². The van der Waals surface area contributed by atoms with Crippen LogP contribution in [-0.2, 0) is 0 Å². The number of halogens is 3. The van der Waals surface area contributed by atoms with Crippen LogP contribution in [0.25, 0.3) is 21.8 Å². The van der Waals surface area contributed by atoms with Crippen LogP contribution >= 0.6 is 11.3 Å². The number of hydrogen-bond donors (Lipinski definition) is 3. The van der Waals surface area contributed by atoms with Gasteiger partial charge in [0.05, 0.1) is 21.3 Å². The van der Waals surface area contributed by atoms with E-state index in [9.17, 15) is 18.0 Å². The van der Waals surface area contributed by atoms with Crippen LogP contribution in [-0.4, -0.2) is 41.1 Å². The van der Waals surface area contributed by atoms with E-state index in [-0.39, 0.29) is 11.7 Å². The van der Waals surface area contributed by atoms with Gasteiger partial charge in [-0.2, -0.15) is 0 Å². The number of ether oxygens (including phenoxy) is 1. The van der Waals surface area contributed by atoms with Crippen molar-refractivity contribution >= 4 is 34.6 Å². The van der Waals surface area contributed by atoms with Crippen LogP contribution < -0.4 is 20.7 Å². The zero-order chi connectivity index (χ0) is 29.6. The standard InChI is InChI=1S/C30H25F3N6O2S/c1-17-36-27(18-5-3-6-19(15-18)37-29(40)26-21(31)7-4-8-22(26)32)28(42-17)24-11-12-35-30(39-24)38-20-9-10-25(23(33)16-20)41-14-13-34-2/h3-12,15-16,34H,13-14H2,1-2H3,(H,37,40)(H,35,38,39). The molecular formula is C30H25F3N6O2S. The molecule has 2 aromatic heterocycles. The van der Waals surface area contributed by atoms with Gasteiger partial charge in [0.25, 0.3) is 5.91 Å². The Bertz CT molecular complexity index is 1730. The van der Waals surface area contributed by atoms with E-state index in [1.807, 2.05) is 6.92 Å². The zero-order valence-corrected chi connectivity index (χ0v) is 23.4. The first-order valence-corrected chi connectivity index (χ1v) is 13.6. The number of carbonyl (C=O) groups excluding carboxylic acids is 1. The fourth-order valence-corrected chi connectivity index (χ4v) is 4.99. The summed E-state index contributed by atoms with van der Waals surface area (Å²) in [4.78, 5) is 26.9. The van der Waals surface area contributed by atoms with E-state index in [4.69, 9.17) is 4.74 Å². The number of thiazole rings is 1. The molecule has 5 rings (SSSR count). The monoisotopic (exact) mass is 590 g/mol. The average Bonchev–Trinajstić information content (AvgIpc) is 3.36. The van der Waals surface area contributed by atoms with E-state index < -0.39 is 28.9 Å². The molecule has 5 aromatic rings. The molecule has 0 saturated carbocycles. The number of anilines is 3. The number of rotatable bonds is 10. The Labute approximate surface area is 243 Å². The molecular weight excluding hydrogens is 565 g/mol. The fourth-order valence-electron chi connectivity index (χ4n) is 4.08. The predicted molar refractivity (Wildman–Crippen MR) is 157 cm³/mol. The number of benzene rings is 3. The summed E-state index contributed by atoms with van der Waals surface area (Å²) < 4.78 is 48.1. The molecule has 1 amide bonds. The van der Waals surface area contributed by atoms with E-state index in [0.717, 1.165) is 22.0 Å². The second-order valence-corrected chi connectivity index (χ2v) is 10.2. The quantitative estimate of drug-likeness (QED) is 0.158. The maximum Gasteiger partial charge on any atom is 0.261 e. The van der Waals surface area contributed by atoms with Crippen molar-refractivity contribution in [1.82, 2.24) is 20.3 Å². The highest BCUT2D eigenvalue weighted by molar-refractivity contribution is 7.15. The average molecular weight is 591 g/mol. The van der Waals surface area contributed by atoms with E-state index in [1.54, 1.807) is 49.6 Å². The number of hydrogen-bond acceptors (Lipinski definition) is 8. The van der Waals surface area contributed by atoms with Gasteiger partial charge >= 0.3 is 0 Å². The van der Waals surface area contributed by atoms with Crippen LogP contribution in [0.1, 0.15) is 15.4 Å². The van der Waals surface area contributed by atoms with E-state index in [1.165, 1.54) is 29.5 Å². The third-order valence-corrected chi connectivity index (χ3v) is 7.00.